The minimum absolute atomic E-state index is 0.0469. The molecule has 0 aliphatic carbocycles. The molecule has 1 atom stereocenters. The predicted molar refractivity (Wildman–Crippen MR) is 78.3 cm³/mol. The summed E-state index contributed by atoms with van der Waals surface area (Å²) in [6, 6.07) is 7.29. The van der Waals surface area contributed by atoms with E-state index in [4.69, 9.17) is 11.3 Å². The van der Waals surface area contributed by atoms with Crippen LogP contribution in [0.15, 0.2) is 34.6 Å². The maximum absolute atomic E-state index is 11.7. The number of carbonyl (C=O) groups is 1. The second-order valence-corrected chi connectivity index (χ2v) is 5.09. The van der Waals surface area contributed by atoms with E-state index in [2.05, 4.69) is 15.6 Å². The molecule has 0 aliphatic rings. The topological polar surface area (TPSA) is 104 Å². The van der Waals surface area contributed by atoms with E-state index in [9.17, 15) is 4.79 Å². The molecular formula is C14H21N5O. The molecule has 0 saturated carbocycles. The van der Waals surface area contributed by atoms with Gasteiger partial charge in [0.15, 0.2) is 5.84 Å². The molecule has 6 heteroatoms. The van der Waals surface area contributed by atoms with Gasteiger partial charge in [-0.2, -0.15) is 5.53 Å². The molecule has 1 rings (SSSR count). The Kier molecular flexibility index (Phi) is 5.83. The molecule has 1 unspecified atom stereocenters. The quantitative estimate of drug-likeness (QED) is 0.321. The number of nitrogens with zero attached hydrogens (tertiary/aromatic N) is 2. The average Bonchev–Trinajstić information content (AvgIpc) is 2.38. The van der Waals surface area contributed by atoms with E-state index in [1.807, 2.05) is 32.9 Å². The molecule has 4 N–H and O–H groups in total. The third-order valence-corrected chi connectivity index (χ3v) is 2.84. The highest BCUT2D eigenvalue weighted by Crippen LogP contribution is 2.14. The van der Waals surface area contributed by atoms with Gasteiger partial charge in [0.25, 0.3) is 0 Å². The molecule has 6 nitrogen and oxygen atoms in total. The Balaban J connectivity index is 2.71. The predicted octanol–water partition coefficient (Wildman–Crippen LogP) is 2.56. The van der Waals surface area contributed by atoms with Gasteiger partial charge in [0, 0.05) is 12.0 Å². The summed E-state index contributed by atoms with van der Waals surface area (Å²) in [5.41, 5.74) is 14.0. The molecule has 20 heavy (non-hydrogen) atoms. The lowest BCUT2D eigenvalue weighted by atomic mass is 10.0. The number of hydrogen-bond acceptors (Lipinski definition) is 3. The van der Waals surface area contributed by atoms with Crippen molar-refractivity contribution in [3.05, 3.63) is 35.4 Å². The van der Waals surface area contributed by atoms with E-state index in [-0.39, 0.29) is 17.8 Å². The fourth-order valence-corrected chi connectivity index (χ4v) is 1.81. The fraction of sp³-hybridized carbons (Fsp3) is 0.429. The van der Waals surface area contributed by atoms with Crippen LogP contribution in [0.5, 0.6) is 0 Å². The Morgan fingerprint density at radius 3 is 2.40 bits per heavy atom. The van der Waals surface area contributed by atoms with E-state index in [1.54, 1.807) is 12.1 Å². The van der Waals surface area contributed by atoms with Crippen molar-refractivity contribution >= 4 is 11.7 Å². The third kappa shape index (κ3) is 4.79. The van der Waals surface area contributed by atoms with Gasteiger partial charge in [-0.1, -0.05) is 43.3 Å². The van der Waals surface area contributed by atoms with Crippen LogP contribution in [0.2, 0.25) is 0 Å². The number of nitrogens with two attached hydrogens (primary N) is 1. The maximum Gasteiger partial charge on any atom is 0.220 e. The Bertz CT molecular complexity index is 493. The Hall–Kier alpha value is -2.24. The molecule has 0 fully saturated rings. The van der Waals surface area contributed by atoms with Gasteiger partial charge in [0.05, 0.1) is 6.04 Å². The SMILES string of the molecule is CC(C)CC(=O)NC(C)c1ccc(C(N)=NN=N)cc1. The van der Waals surface area contributed by atoms with Crippen LogP contribution >= 0.6 is 0 Å². The van der Waals surface area contributed by atoms with Gasteiger partial charge in [0.2, 0.25) is 5.91 Å². The first kappa shape index (κ1) is 15.8. The smallest absolute Gasteiger partial charge is 0.220 e. The normalized spacial score (nSPS) is 13.1. The zero-order valence-electron chi connectivity index (χ0n) is 12.1. The number of rotatable bonds is 6. The summed E-state index contributed by atoms with van der Waals surface area (Å²) in [6.45, 7) is 5.96. The van der Waals surface area contributed by atoms with Crippen molar-refractivity contribution in [2.45, 2.75) is 33.2 Å². The summed E-state index contributed by atoms with van der Waals surface area (Å²) in [4.78, 5) is 11.7. The van der Waals surface area contributed by atoms with Crippen LogP contribution in [-0.2, 0) is 4.79 Å². The van der Waals surface area contributed by atoms with E-state index in [0.29, 0.717) is 17.9 Å². The molecule has 1 aromatic rings. The highest BCUT2D eigenvalue weighted by molar-refractivity contribution is 5.97. The Labute approximate surface area is 119 Å². The van der Waals surface area contributed by atoms with Crippen molar-refractivity contribution in [2.24, 2.45) is 22.0 Å². The van der Waals surface area contributed by atoms with Crippen molar-refractivity contribution in [1.82, 2.24) is 5.32 Å². The largest absolute Gasteiger partial charge is 0.382 e. The molecule has 0 bridgehead atoms. The highest BCUT2D eigenvalue weighted by Gasteiger charge is 2.11. The zero-order valence-corrected chi connectivity index (χ0v) is 12.1. The van der Waals surface area contributed by atoms with Crippen molar-refractivity contribution in [3.8, 4) is 0 Å². The van der Waals surface area contributed by atoms with E-state index in [0.717, 1.165) is 5.56 Å². The van der Waals surface area contributed by atoms with E-state index < -0.39 is 0 Å². The van der Waals surface area contributed by atoms with Gasteiger partial charge in [0.1, 0.15) is 0 Å². The zero-order chi connectivity index (χ0) is 15.1. The Morgan fingerprint density at radius 2 is 1.90 bits per heavy atom. The lowest BCUT2D eigenvalue weighted by Gasteiger charge is -2.15. The van der Waals surface area contributed by atoms with Crippen molar-refractivity contribution in [1.29, 1.82) is 5.53 Å². The summed E-state index contributed by atoms with van der Waals surface area (Å²) < 4.78 is 0. The van der Waals surface area contributed by atoms with Crippen LogP contribution in [-0.4, -0.2) is 11.7 Å². The lowest BCUT2D eigenvalue weighted by Crippen LogP contribution is -2.27. The Morgan fingerprint density at radius 1 is 1.30 bits per heavy atom. The molecule has 108 valence electrons. The summed E-state index contributed by atoms with van der Waals surface area (Å²) in [5.74, 6) is 0.586. The second-order valence-electron chi connectivity index (χ2n) is 5.09. The van der Waals surface area contributed by atoms with Crippen LogP contribution in [0.25, 0.3) is 0 Å². The van der Waals surface area contributed by atoms with E-state index >= 15 is 0 Å². The number of carbonyl (C=O) groups excluding carboxylic acids is 1. The van der Waals surface area contributed by atoms with Crippen molar-refractivity contribution in [2.75, 3.05) is 0 Å². The molecule has 0 spiro atoms. The van der Waals surface area contributed by atoms with Crippen LogP contribution in [0.1, 0.15) is 44.4 Å². The minimum atomic E-state index is -0.0608. The summed E-state index contributed by atoms with van der Waals surface area (Å²) in [7, 11) is 0. The number of benzene rings is 1. The maximum atomic E-state index is 11.7. The van der Waals surface area contributed by atoms with E-state index in [1.165, 1.54) is 0 Å². The molecular weight excluding hydrogens is 254 g/mol. The monoisotopic (exact) mass is 275 g/mol. The molecule has 0 aliphatic heterocycles. The van der Waals surface area contributed by atoms with Gasteiger partial charge in [-0.3, -0.25) is 4.79 Å². The second kappa shape index (κ2) is 7.37. The molecule has 0 radical (unpaired) electrons. The first-order valence-electron chi connectivity index (χ1n) is 6.53. The van der Waals surface area contributed by atoms with Crippen molar-refractivity contribution < 1.29 is 4.79 Å². The summed E-state index contributed by atoms with van der Waals surface area (Å²) >= 11 is 0. The molecule has 1 aromatic carbocycles. The fourth-order valence-electron chi connectivity index (χ4n) is 1.81. The molecule has 0 aromatic heterocycles. The van der Waals surface area contributed by atoms with Gasteiger partial charge in [-0.05, 0) is 18.4 Å². The van der Waals surface area contributed by atoms with Crippen molar-refractivity contribution in [3.63, 3.8) is 0 Å². The van der Waals surface area contributed by atoms with Crippen LogP contribution < -0.4 is 11.1 Å². The third-order valence-electron chi connectivity index (χ3n) is 2.84. The standard InChI is InChI=1S/C14H21N5O/c1-9(2)8-13(20)17-10(3)11-4-6-12(7-5-11)14(15)18-19-16/h4-7,9-10H,8H2,1-3H3,(H,17,20)(H3,15,16,18). The molecule has 0 heterocycles. The van der Waals surface area contributed by atoms with Gasteiger partial charge >= 0.3 is 0 Å². The number of amidine groups is 1. The first-order valence-corrected chi connectivity index (χ1v) is 6.53. The molecule has 0 saturated heterocycles. The van der Waals surface area contributed by atoms with Gasteiger partial charge in [-0.15, -0.1) is 5.10 Å². The minimum Gasteiger partial charge on any atom is -0.382 e. The van der Waals surface area contributed by atoms with Gasteiger partial charge < -0.3 is 11.1 Å². The van der Waals surface area contributed by atoms with Crippen LogP contribution in [0.4, 0.5) is 0 Å². The summed E-state index contributed by atoms with van der Waals surface area (Å²) in [5, 5.41) is 9.31. The molecule has 1 amide bonds. The summed E-state index contributed by atoms with van der Waals surface area (Å²) in [6.07, 6.45) is 0.521. The lowest BCUT2D eigenvalue weighted by molar-refractivity contribution is -0.122. The first-order chi connectivity index (χ1) is 9.43. The number of hydrogen-bond donors (Lipinski definition) is 3. The highest BCUT2D eigenvalue weighted by atomic mass is 16.1. The average molecular weight is 275 g/mol. The number of amides is 1. The van der Waals surface area contributed by atoms with Crippen LogP contribution in [0.3, 0.4) is 0 Å². The number of nitrogens with one attached hydrogen (secondary N) is 2. The van der Waals surface area contributed by atoms with Crippen LogP contribution in [0, 0.1) is 11.4 Å². The van der Waals surface area contributed by atoms with Gasteiger partial charge in [-0.25, -0.2) is 0 Å².